The van der Waals surface area contributed by atoms with Crippen LogP contribution in [0.4, 0.5) is 0 Å². The molecular weight excluding hydrogens is 246 g/mol. The fraction of sp³-hybridized carbons (Fsp3) is 0.333. The Balaban J connectivity index is 3.34. The summed E-state index contributed by atoms with van der Waals surface area (Å²) >= 11 is 17.3. The summed E-state index contributed by atoms with van der Waals surface area (Å²) in [7, 11) is 2.97. The first-order valence-electron chi connectivity index (χ1n) is 3.70. The van der Waals surface area contributed by atoms with Gasteiger partial charge >= 0.3 is 0 Å². The molecule has 0 spiro atoms. The first kappa shape index (κ1) is 11.8. The van der Waals surface area contributed by atoms with Gasteiger partial charge in [-0.3, -0.25) is 0 Å². The minimum Gasteiger partial charge on any atom is -0.496 e. The van der Waals surface area contributed by atoms with Gasteiger partial charge in [0.1, 0.15) is 11.5 Å². The molecule has 1 radical (unpaired) electrons. The third-order valence-electron chi connectivity index (χ3n) is 1.63. The summed E-state index contributed by atoms with van der Waals surface area (Å²) in [5.41, 5.74) is 0.356. The van der Waals surface area contributed by atoms with E-state index in [4.69, 9.17) is 44.3 Å². The van der Waals surface area contributed by atoms with Crippen molar-refractivity contribution in [2.75, 3.05) is 14.2 Å². The Morgan fingerprint density at radius 3 is 2.29 bits per heavy atom. The van der Waals surface area contributed by atoms with E-state index in [-0.39, 0.29) is 0 Å². The number of hydrogen-bond acceptors (Lipinski definition) is 2. The second kappa shape index (κ2) is 4.47. The highest BCUT2D eigenvalue weighted by molar-refractivity contribution is 6.67. The Morgan fingerprint density at radius 2 is 1.86 bits per heavy atom. The summed E-state index contributed by atoms with van der Waals surface area (Å²) < 4.78 is 8.50. The average molecular weight is 255 g/mol. The highest BCUT2D eigenvalue weighted by Gasteiger charge is 2.31. The van der Waals surface area contributed by atoms with Gasteiger partial charge in [-0.2, -0.15) is 0 Å². The van der Waals surface area contributed by atoms with Gasteiger partial charge in [-0.1, -0.05) is 34.8 Å². The number of halogens is 3. The minimum absolute atomic E-state index is 0.356. The molecule has 1 aromatic carbocycles. The summed E-state index contributed by atoms with van der Waals surface area (Å²) in [5.74, 6) is 0.824. The number of rotatable bonds is 2. The van der Waals surface area contributed by atoms with Crippen LogP contribution in [0.3, 0.4) is 0 Å². The molecule has 0 fully saturated rings. The second-order valence-corrected chi connectivity index (χ2v) is 4.73. The van der Waals surface area contributed by atoms with Gasteiger partial charge in [0.05, 0.1) is 19.8 Å². The van der Waals surface area contributed by atoms with Gasteiger partial charge in [-0.25, -0.2) is 0 Å². The van der Waals surface area contributed by atoms with Crippen LogP contribution in [-0.2, 0) is 3.79 Å². The molecule has 0 atom stereocenters. The third kappa shape index (κ3) is 2.38. The highest BCUT2D eigenvalue weighted by Crippen LogP contribution is 2.47. The largest absolute Gasteiger partial charge is 0.496 e. The molecule has 1 rings (SSSR count). The fourth-order valence-corrected chi connectivity index (χ4v) is 1.60. The highest BCUT2D eigenvalue weighted by atomic mass is 35.6. The fourth-order valence-electron chi connectivity index (χ4n) is 1.06. The first-order chi connectivity index (χ1) is 6.50. The Kier molecular flexibility index (Phi) is 3.76. The predicted molar refractivity (Wildman–Crippen MR) is 57.6 cm³/mol. The van der Waals surface area contributed by atoms with Gasteiger partial charge in [0, 0.05) is 6.07 Å². The van der Waals surface area contributed by atoms with Gasteiger partial charge in [0.2, 0.25) is 3.79 Å². The van der Waals surface area contributed by atoms with E-state index in [0.717, 1.165) is 0 Å². The van der Waals surface area contributed by atoms with Crippen LogP contribution in [-0.4, -0.2) is 14.2 Å². The van der Waals surface area contributed by atoms with Crippen molar-refractivity contribution >= 4 is 34.8 Å². The molecule has 1 aromatic rings. The maximum absolute atomic E-state index is 5.78. The first-order valence-corrected chi connectivity index (χ1v) is 4.84. The van der Waals surface area contributed by atoms with E-state index in [0.29, 0.717) is 17.1 Å². The smallest absolute Gasteiger partial charge is 0.223 e. The quantitative estimate of drug-likeness (QED) is 0.754. The predicted octanol–water partition coefficient (Wildman–Crippen LogP) is 3.33. The van der Waals surface area contributed by atoms with Gasteiger partial charge in [0.25, 0.3) is 0 Å². The Morgan fingerprint density at radius 1 is 1.21 bits per heavy atom. The monoisotopic (exact) mass is 253 g/mol. The summed E-state index contributed by atoms with van der Waals surface area (Å²) in [5, 5.41) is 0. The van der Waals surface area contributed by atoms with Crippen LogP contribution in [0.2, 0.25) is 0 Å². The molecule has 2 nitrogen and oxygen atoms in total. The number of alkyl halides is 3. The van der Waals surface area contributed by atoms with Crippen LogP contribution in [0.5, 0.6) is 11.5 Å². The molecule has 5 heteroatoms. The Hall–Kier alpha value is -0.310. The Bertz CT molecular complexity index is 298. The van der Waals surface area contributed by atoms with E-state index in [1.165, 1.54) is 14.2 Å². The zero-order chi connectivity index (χ0) is 10.8. The number of hydrogen-bond donors (Lipinski definition) is 0. The Labute approximate surface area is 97.7 Å². The second-order valence-electron chi connectivity index (χ2n) is 2.45. The van der Waals surface area contributed by atoms with E-state index >= 15 is 0 Å². The van der Waals surface area contributed by atoms with E-state index in [9.17, 15) is 0 Å². The van der Waals surface area contributed by atoms with Crippen molar-refractivity contribution in [3.63, 3.8) is 0 Å². The average Bonchev–Trinajstić information content (AvgIpc) is 2.15. The van der Waals surface area contributed by atoms with Crippen LogP contribution in [0.1, 0.15) is 5.56 Å². The summed E-state index contributed by atoms with van der Waals surface area (Å²) in [6, 6.07) is 6.10. The topological polar surface area (TPSA) is 18.5 Å². The minimum atomic E-state index is -1.59. The van der Waals surface area contributed by atoms with Crippen LogP contribution >= 0.6 is 34.8 Å². The third-order valence-corrected chi connectivity index (χ3v) is 2.20. The summed E-state index contributed by atoms with van der Waals surface area (Å²) in [4.78, 5) is 0. The maximum atomic E-state index is 5.78. The lowest BCUT2D eigenvalue weighted by molar-refractivity contribution is 0.385. The van der Waals surface area contributed by atoms with Crippen molar-refractivity contribution in [2.45, 2.75) is 3.79 Å². The molecule has 0 saturated carbocycles. The van der Waals surface area contributed by atoms with Gasteiger partial charge in [-0.15, -0.1) is 0 Å². The molecular formula is C9H8Cl3O2. The van der Waals surface area contributed by atoms with Crippen LogP contribution < -0.4 is 9.47 Å². The van der Waals surface area contributed by atoms with Gasteiger partial charge in [-0.05, 0) is 12.1 Å². The molecule has 0 amide bonds. The molecule has 0 N–H and O–H groups in total. The zero-order valence-electron chi connectivity index (χ0n) is 7.61. The number of methoxy groups -OCH3 is 2. The van der Waals surface area contributed by atoms with E-state index in [1.54, 1.807) is 12.1 Å². The van der Waals surface area contributed by atoms with Crippen LogP contribution in [0.25, 0.3) is 0 Å². The summed E-state index contributed by atoms with van der Waals surface area (Å²) in [6.07, 6.45) is 0. The van der Waals surface area contributed by atoms with E-state index < -0.39 is 3.79 Å². The van der Waals surface area contributed by atoms with Crippen molar-refractivity contribution in [2.24, 2.45) is 0 Å². The van der Waals surface area contributed by atoms with E-state index in [1.807, 2.05) is 0 Å². The maximum Gasteiger partial charge on any atom is 0.223 e. The zero-order valence-corrected chi connectivity index (χ0v) is 9.87. The van der Waals surface area contributed by atoms with Gasteiger partial charge < -0.3 is 9.47 Å². The molecule has 0 aliphatic carbocycles. The van der Waals surface area contributed by atoms with Gasteiger partial charge in [0.15, 0.2) is 0 Å². The molecule has 77 valence electrons. The number of benzene rings is 1. The molecule has 0 bridgehead atoms. The standard InChI is InChI=1S/C9H8Cl3O2/c1-13-6-4-3-5-7(14-2)8(6)9(10,11)12/h3-4H,1-2H3. The van der Waals surface area contributed by atoms with E-state index in [2.05, 4.69) is 6.07 Å². The molecule has 0 aliphatic rings. The molecule has 14 heavy (non-hydrogen) atoms. The number of ether oxygens (including phenoxy) is 2. The van der Waals surface area contributed by atoms with Crippen LogP contribution in [0, 0.1) is 6.07 Å². The van der Waals surface area contributed by atoms with Crippen molar-refractivity contribution in [3.05, 3.63) is 23.8 Å². The normalized spacial score (nSPS) is 11.2. The molecule has 0 unspecified atom stereocenters. The van der Waals surface area contributed by atoms with Crippen molar-refractivity contribution in [1.29, 1.82) is 0 Å². The lowest BCUT2D eigenvalue weighted by Crippen LogP contribution is -2.06. The summed E-state index contributed by atoms with van der Waals surface area (Å²) in [6.45, 7) is 0. The lowest BCUT2D eigenvalue weighted by atomic mass is 10.2. The molecule has 0 aromatic heterocycles. The molecule has 0 saturated heterocycles. The molecule has 0 aliphatic heterocycles. The molecule has 0 heterocycles. The van der Waals surface area contributed by atoms with Crippen LogP contribution in [0.15, 0.2) is 12.1 Å². The van der Waals surface area contributed by atoms with Crippen molar-refractivity contribution < 1.29 is 9.47 Å². The lowest BCUT2D eigenvalue weighted by Gasteiger charge is -2.18. The SMILES string of the molecule is COc1[c]ccc(OC)c1C(Cl)(Cl)Cl. The van der Waals surface area contributed by atoms with Crippen molar-refractivity contribution in [3.8, 4) is 11.5 Å². The van der Waals surface area contributed by atoms with Crippen molar-refractivity contribution in [1.82, 2.24) is 0 Å².